The van der Waals surface area contributed by atoms with Gasteiger partial charge in [0.25, 0.3) is 0 Å². The summed E-state index contributed by atoms with van der Waals surface area (Å²) in [6.45, 7) is 1.09. The summed E-state index contributed by atoms with van der Waals surface area (Å²) in [5.41, 5.74) is 1.03. The molecule has 1 aromatic carbocycles. The number of methoxy groups -OCH3 is 1. The summed E-state index contributed by atoms with van der Waals surface area (Å²) >= 11 is 0. The van der Waals surface area contributed by atoms with Crippen molar-refractivity contribution in [2.75, 3.05) is 20.3 Å². The molecular formula is C13H17NO4. The van der Waals surface area contributed by atoms with Gasteiger partial charge in [-0.25, -0.2) is 4.79 Å². The van der Waals surface area contributed by atoms with Crippen molar-refractivity contribution in [3.63, 3.8) is 0 Å². The molecule has 5 heteroatoms. The number of carbonyl (C=O) groups is 1. The van der Waals surface area contributed by atoms with Crippen LogP contribution in [-0.4, -0.2) is 42.5 Å². The maximum absolute atomic E-state index is 11.6. The number of hydrogen-bond donors (Lipinski definition) is 1. The molecule has 98 valence electrons. The number of amides is 1. The summed E-state index contributed by atoms with van der Waals surface area (Å²) in [4.78, 5) is 13.2. The minimum absolute atomic E-state index is 0.0360. The number of carbonyl (C=O) groups excluding carboxylic acids is 1. The van der Waals surface area contributed by atoms with Crippen molar-refractivity contribution >= 4 is 6.09 Å². The highest BCUT2D eigenvalue weighted by Crippen LogP contribution is 2.18. The van der Waals surface area contributed by atoms with Gasteiger partial charge >= 0.3 is 6.09 Å². The van der Waals surface area contributed by atoms with Crippen LogP contribution >= 0.6 is 0 Å². The van der Waals surface area contributed by atoms with E-state index < -0.39 is 0 Å². The van der Waals surface area contributed by atoms with E-state index in [1.165, 1.54) is 0 Å². The first-order valence-electron chi connectivity index (χ1n) is 5.92. The van der Waals surface area contributed by atoms with Crippen LogP contribution in [0.1, 0.15) is 12.0 Å². The van der Waals surface area contributed by atoms with Crippen molar-refractivity contribution < 1.29 is 19.4 Å². The maximum atomic E-state index is 11.6. The van der Waals surface area contributed by atoms with Crippen LogP contribution in [0, 0.1) is 0 Å². The molecular weight excluding hydrogens is 234 g/mol. The molecule has 1 aliphatic rings. The molecule has 1 saturated heterocycles. The SMILES string of the molecule is COc1ccc(CN2C[C@H](CCO)OC2=O)cc1. The summed E-state index contributed by atoms with van der Waals surface area (Å²) < 4.78 is 10.2. The molecule has 1 aromatic rings. The van der Waals surface area contributed by atoms with Crippen molar-refractivity contribution in [3.05, 3.63) is 29.8 Å². The van der Waals surface area contributed by atoms with Gasteiger partial charge in [0, 0.05) is 19.6 Å². The van der Waals surface area contributed by atoms with E-state index in [9.17, 15) is 4.79 Å². The molecule has 1 fully saturated rings. The maximum Gasteiger partial charge on any atom is 0.410 e. The molecule has 1 amide bonds. The lowest BCUT2D eigenvalue weighted by molar-refractivity contribution is 0.117. The summed E-state index contributed by atoms with van der Waals surface area (Å²) in [7, 11) is 1.62. The Morgan fingerprint density at radius 3 is 2.78 bits per heavy atom. The number of aliphatic hydroxyl groups is 1. The standard InChI is InChI=1S/C13H17NO4/c1-17-11-4-2-10(3-5-11)8-14-9-12(6-7-15)18-13(14)16/h2-5,12,15H,6-9H2,1H3/t12-/m0/s1. The van der Waals surface area contributed by atoms with Gasteiger partial charge in [0.2, 0.25) is 0 Å². The molecule has 0 bridgehead atoms. The number of ether oxygens (including phenoxy) is 2. The van der Waals surface area contributed by atoms with Crippen LogP contribution in [0.2, 0.25) is 0 Å². The first-order chi connectivity index (χ1) is 8.72. The quantitative estimate of drug-likeness (QED) is 0.859. The third-order valence-corrected chi connectivity index (χ3v) is 2.93. The molecule has 5 nitrogen and oxygen atoms in total. The first-order valence-corrected chi connectivity index (χ1v) is 5.92. The van der Waals surface area contributed by atoms with Crippen LogP contribution < -0.4 is 4.74 Å². The molecule has 1 heterocycles. The fourth-order valence-corrected chi connectivity index (χ4v) is 1.95. The molecule has 1 atom stereocenters. The Labute approximate surface area is 106 Å². The van der Waals surface area contributed by atoms with Gasteiger partial charge in [-0.2, -0.15) is 0 Å². The van der Waals surface area contributed by atoms with Crippen LogP contribution in [0.25, 0.3) is 0 Å². The Morgan fingerprint density at radius 1 is 1.44 bits per heavy atom. The highest BCUT2D eigenvalue weighted by molar-refractivity contribution is 5.69. The van der Waals surface area contributed by atoms with Gasteiger partial charge in [-0.15, -0.1) is 0 Å². The third kappa shape index (κ3) is 2.92. The fourth-order valence-electron chi connectivity index (χ4n) is 1.95. The molecule has 18 heavy (non-hydrogen) atoms. The van der Waals surface area contributed by atoms with Crippen molar-refractivity contribution in [1.29, 1.82) is 0 Å². The van der Waals surface area contributed by atoms with Gasteiger partial charge in [0.15, 0.2) is 0 Å². The second-order valence-electron chi connectivity index (χ2n) is 4.25. The lowest BCUT2D eigenvalue weighted by atomic mass is 10.2. The Bertz CT molecular complexity index is 404. The van der Waals surface area contributed by atoms with E-state index in [0.717, 1.165) is 11.3 Å². The minimum Gasteiger partial charge on any atom is -0.497 e. The lowest BCUT2D eigenvalue weighted by Crippen LogP contribution is -2.24. The number of hydrogen-bond acceptors (Lipinski definition) is 4. The van der Waals surface area contributed by atoms with Crippen LogP contribution in [0.3, 0.4) is 0 Å². The van der Waals surface area contributed by atoms with E-state index in [-0.39, 0.29) is 18.8 Å². The number of aliphatic hydroxyl groups excluding tert-OH is 1. The molecule has 0 unspecified atom stereocenters. The smallest absolute Gasteiger partial charge is 0.410 e. The Morgan fingerprint density at radius 2 is 2.17 bits per heavy atom. The summed E-state index contributed by atoms with van der Waals surface area (Å²) in [6, 6.07) is 7.57. The Kier molecular flexibility index (Phi) is 4.04. The number of rotatable bonds is 5. The van der Waals surface area contributed by atoms with E-state index in [1.807, 2.05) is 24.3 Å². The van der Waals surface area contributed by atoms with E-state index in [2.05, 4.69) is 0 Å². The highest BCUT2D eigenvalue weighted by atomic mass is 16.6. The van der Waals surface area contributed by atoms with Gasteiger partial charge in [-0.3, -0.25) is 0 Å². The largest absolute Gasteiger partial charge is 0.497 e. The number of cyclic esters (lactones) is 1. The van der Waals surface area contributed by atoms with E-state index in [0.29, 0.717) is 19.5 Å². The second kappa shape index (κ2) is 5.73. The molecule has 0 aliphatic carbocycles. The molecule has 0 aromatic heterocycles. The molecule has 0 saturated carbocycles. The number of benzene rings is 1. The zero-order valence-corrected chi connectivity index (χ0v) is 10.3. The van der Waals surface area contributed by atoms with Crippen molar-refractivity contribution in [2.24, 2.45) is 0 Å². The second-order valence-corrected chi connectivity index (χ2v) is 4.25. The monoisotopic (exact) mass is 251 g/mol. The number of nitrogens with zero attached hydrogens (tertiary/aromatic N) is 1. The Balaban J connectivity index is 1.94. The van der Waals surface area contributed by atoms with Crippen LogP contribution in [0.4, 0.5) is 4.79 Å². The minimum atomic E-state index is -0.315. The summed E-state index contributed by atoms with van der Waals surface area (Å²) in [5, 5.41) is 8.82. The topological polar surface area (TPSA) is 59.0 Å². The molecule has 1 aliphatic heterocycles. The van der Waals surface area contributed by atoms with Crippen molar-refractivity contribution in [3.8, 4) is 5.75 Å². The van der Waals surface area contributed by atoms with Gasteiger partial charge < -0.3 is 19.5 Å². The van der Waals surface area contributed by atoms with Crippen molar-refractivity contribution in [1.82, 2.24) is 4.90 Å². The van der Waals surface area contributed by atoms with Gasteiger partial charge in [0.05, 0.1) is 13.7 Å². The Hall–Kier alpha value is -1.75. The molecule has 0 radical (unpaired) electrons. The predicted molar refractivity (Wildman–Crippen MR) is 65.4 cm³/mol. The van der Waals surface area contributed by atoms with Crippen molar-refractivity contribution in [2.45, 2.75) is 19.1 Å². The van der Waals surface area contributed by atoms with Gasteiger partial charge in [-0.1, -0.05) is 12.1 Å². The lowest BCUT2D eigenvalue weighted by Gasteiger charge is -2.13. The molecule has 0 spiro atoms. The van der Waals surface area contributed by atoms with Gasteiger partial charge in [0.1, 0.15) is 11.9 Å². The predicted octanol–water partition coefficient (Wildman–Crippen LogP) is 1.40. The van der Waals surface area contributed by atoms with E-state index in [4.69, 9.17) is 14.6 Å². The molecule has 2 rings (SSSR count). The van der Waals surface area contributed by atoms with Crippen LogP contribution in [0.15, 0.2) is 24.3 Å². The zero-order valence-electron chi connectivity index (χ0n) is 10.3. The average Bonchev–Trinajstić information content (AvgIpc) is 2.71. The van der Waals surface area contributed by atoms with Crippen LogP contribution in [-0.2, 0) is 11.3 Å². The fraction of sp³-hybridized carbons (Fsp3) is 0.462. The first kappa shape index (κ1) is 12.7. The van der Waals surface area contributed by atoms with Gasteiger partial charge in [-0.05, 0) is 17.7 Å². The average molecular weight is 251 g/mol. The normalized spacial score (nSPS) is 18.9. The molecule has 1 N–H and O–H groups in total. The zero-order chi connectivity index (χ0) is 13.0. The summed E-state index contributed by atoms with van der Waals surface area (Å²) in [5.74, 6) is 0.793. The highest BCUT2D eigenvalue weighted by Gasteiger charge is 2.30. The van der Waals surface area contributed by atoms with E-state index in [1.54, 1.807) is 12.0 Å². The third-order valence-electron chi connectivity index (χ3n) is 2.93. The summed E-state index contributed by atoms with van der Waals surface area (Å²) in [6.07, 6.45) is -0.0183. The van der Waals surface area contributed by atoms with Crippen LogP contribution in [0.5, 0.6) is 5.75 Å². The van der Waals surface area contributed by atoms with E-state index >= 15 is 0 Å².